The summed E-state index contributed by atoms with van der Waals surface area (Å²) in [5.41, 5.74) is -2.18. The van der Waals surface area contributed by atoms with Crippen LogP contribution in [0.25, 0.3) is 0 Å². The number of hydrogen-bond donors (Lipinski definition) is 1. The number of benzene rings is 1. The van der Waals surface area contributed by atoms with Crippen LogP contribution in [-0.4, -0.2) is 54.2 Å². The highest BCUT2D eigenvalue weighted by Crippen LogP contribution is 2.24. The summed E-state index contributed by atoms with van der Waals surface area (Å²) in [5, 5.41) is 2.57. The zero-order valence-electron chi connectivity index (χ0n) is 18.3. The van der Waals surface area contributed by atoms with Crippen molar-refractivity contribution in [1.29, 1.82) is 0 Å². The van der Waals surface area contributed by atoms with Gasteiger partial charge < -0.3 is 19.5 Å². The fourth-order valence-corrected chi connectivity index (χ4v) is 3.08. The molecule has 0 heterocycles. The third-order valence-corrected chi connectivity index (χ3v) is 4.49. The van der Waals surface area contributed by atoms with E-state index in [-0.39, 0.29) is 31.9 Å². The molecule has 1 N–H and O–H groups in total. The molecule has 0 saturated heterocycles. The summed E-state index contributed by atoms with van der Waals surface area (Å²) in [7, 11) is 0. The molecule has 0 aromatic heterocycles. The van der Waals surface area contributed by atoms with Crippen molar-refractivity contribution < 1.29 is 28.6 Å². The summed E-state index contributed by atoms with van der Waals surface area (Å²) in [6, 6.07) is 8.30. The van der Waals surface area contributed by atoms with Crippen LogP contribution in [0.1, 0.15) is 57.8 Å². The number of rotatable bonds is 11. The van der Waals surface area contributed by atoms with Gasteiger partial charge in [0.2, 0.25) is 5.54 Å². The monoisotopic (exact) mass is 441 g/mol. The van der Waals surface area contributed by atoms with Crippen LogP contribution in [0.15, 0.2) is 30.3 Å². The topological polar surface area (TPSA) is 90.9 Å². The molecular formula is C22H32ClNO6. The zero-order chi connectivity index (χ0) is 22.8. The number of ether oxygens (including phenoxy) is 3. The lowest BCUT2D eigenvalue weighted by Gasteiger charge is -2.32. The predicted molar refractivity (Wildman–Crippen MR) is 114 cm³/mol. The first-order valence-corrected chi connectivity index (χ1v) is 10.6. The van der Waals surface area contributed by atoms with Crippen LogP contribution in [0.4, 0.5) is 0 Å². The van der Waals surface area contributed by atoms with Crippen molar-refractivity contribution in [3.63, 3.8) is 0 Å². The minimum Gasteiger partial charge on any atom is -0.464 e. The highest BCUT2D eigenvalue weighted by Gasteiger charge is 2.50. The Morgan fingerprint density at radius 2 is 1.53 bits per heavy atom. The van der Waals surface area contributed by atoms with E-state index in [1.54, 1.807) is 44.2 Å². The van der Waals surface area contributed by atoms with Crippen molar-refractivity contribution in [3.8, 4) is 0 Å². The van der Waals surface area contributed by atoms with Crippen molar-refractivity contribution in [2.75, 3.05) is 19.1 Å². The number of nitrogens with one attached hydrogen (secondary N) is 1. The largest absolute Gasteiger partial charge is 0.464 e. The summed E-state index contributed by atoms with van der Waals surface area (Å²) >= 11 is 6.04. The lowest BCUT2D eigenvalue weighted by molar-refractivity contribution is -0.166. The Bertz CT molecular complexity index is 683. The normalized spacial score (nSPS) is 12.7. The molecule has 0 fully saturated rings. The van der Waals surface area contributed by atoms with Gasteiger partial charge in [-0.2, -0.15) is 0 Å². The first-order valence-electron chi connectivity index (χ1n) is 10.1. The summed E-state index contributed by atoms with van der Waals surface area (Å²) in [5.74, 6) is -2.18. The van der Waals surface area contributed by atoms with Crippen molar-refractivity contribution in [1.82, 2.24) is 5.32 Å². The maximum Gasteiger partial charge on any atom is 0.343 e. The average molecular weight is 442 g/mol. The van der Waals surface area contributed by atoms with Gasteiger partial charge in [-0.25, -0.2) is 9.59 Å². The van der Waals surface area contributed by atoms with Gasteiger partial charge in [0.05, 0.1) is 24.9 Å². The molecule has 0 aliphatic rings. The number of halogens is 1. The molecule has 30 heavy (non-hydrogen) atoms. The van der Waals surface area contributed by atoms with Gasteiger partial charge >= 0.3 is 11.9 Å². The molecule has 8 heteroatoms. The van der Waals surface area contributed by atoms with Crippen LogP contribution < -0.4 is 5.32 Å². The summed E-state index contributed by atoms with van der Waals surface area (Å²) in [6.45, 7) is 8.97. The highest BCUT2D eigenvalue weighted by atomic mass is 35.5. The van der Waals surface area contributed by atoms with Crippen molar-refractivity contribution in [2.24, 2.45) is 0 Å². The highest BCUT2D eigenvalue weighted by molar-refractivity contribution is 6.18. The molecule has 0 aliphatic carbocycles. The van der Waals surface area contributed by atoms with Crippen LogP contribution in [-0.2, 0) is 23.8 Å². The number of esters is 2. The fraction of sp³-hybridized carbons (Fsp3) is 0.591. The minimum atomic E-state index is -2.01. The lowest BCUT2D eigenvalue weighted by atomic mass is 9.91. The maximum absolute atomic E-state index is 12.9. The predicted octanol–water partition coefficient (Wildman–Crippen LogP) is 3.48. The minimum absolute atomic E-state index is 0.0403. The molecule has 1 rings (SSSR count). The van der Waals surface area contributed by atoms with E-state index in [2.05, 4.69) is 5.32 Å². The van der Waals surface area contributed by atoms with E-state index in [9.17, 15) is 14.4 Å². The molecule has 0 bridgehead atoms. The van der Waals surface area contributed by atoms with Crippen LogP contribution in [0.5, 0.6) is 0 Å². The van der Waals surface area contributed by atoms with Crippen molar-refractivity contribution in [3.05, 3.63) is 35.9 Å². The van der Waals surface area contributed by atoms with Crippen molar-refractivity contribution >= 4 is 29.4 Å². The molecule has 0 aliphatic heterocycles. The number of amides is 1. The Hall–Kier alpha value is -2.12. The molecule has 0 spiro atoms. The Kier molecular flexibility index (Phi) is 10.3. The first kappa shape index (κ1) is 25.9. The molecule has 1 aromatic rings. The second-order valence-corrected chi connectivity index (χ2v) is 8.02. The second kappa shape index (κ2) is 11.9. The SMILES string of the molecule is CCOC(=O)C(CCC(CCl)OC(C)(C)C)(NC(=O)c1ccccc1)C(=O)OCC. The van der Waals surface area contributed by atoms with Crippen LogP contribution in [0, 0.1) is 0 Å². The van der Waals surface area contributed by atoms with Crippen LogP contribution in [0.2, 0.25) is 0 Å². The van der Waals surface area contributed by atoms with Crippen LogP contribution >= 0.6 is 11.6 Å². The Morgan fingerprint density at radius 3 is 1.97 bits per heavy atom. The molecular weight excluding hydrogens is 410 g/mol. The zero-order valence-corrected chi connectivity index (χ0v) is 19.1. The van der Waals surface area contributed by atoms with Gasteiger partial charge in [-0.05, 0) is 59.6 Å². The summed E-state index contributed by atoms with van der Waals surface area (Å²) in [6.07, 6.45) is -0.298. The molecule has 0 saturated carbocycles. The molecule has 1 amide bonds. The second-order valence-electron chi connectivity index (χ2n) is 7.71. The van der Waals surface area contributed by atoms with E-state index >= 15 is 0 Å². The Morgan fingerprint density at radius 1 is 1.00 bits per heavy atom. The maximum atomic E-state index is 12.9. The van der Waals surface area contributed by atoms with E-state index < -0.39 is 35.1 Å². The van der Waals surface area contributed by atoms with Crippen LogP contribution in [0.3, 0.4) is 0 Å². The summed E-state index contributed by atoms with van der Waals surface area (Å²) < 4.78 is 16.2. The third kappa shape index (κ3) is 7.61. The van der Waals surface area contributed by atoms with Gasteiger partial charge in [-0.3, -0.25) is 4.79 Å². The Balaban J connectivity index is 3.26. The standard InChI is InChI=1S/C22H32ClNO6/c1-6-28-19(26)22(20(27)29-7-2,14-13-17(15-23)30-21(3,4)5)24-18(25)16-11-9-8-10-12-16/h8-12,17H,6-7,13-15H2,1-5H3,(H,24,25). The van der Waals surface area contributed by atoms with E-state index in [0.717, 1.165) is 0 Å². The fourth-order valence-electron chi connectivity index (χ4n) is 2.86. The summed E-state index contributed by atoms with van der Waals surface area (Å²) in [4.78, 5) is 38.7. The molecule has 1 atom stereocenters. The van der Waals surface area contributed by atoms with Gasteiger partial charge in [0.1, 0.15) is 0 Å². The van der Waals surface area contributed by atoms with Gasteiger partial charge in [0.25, 0.3) is 5.91 Å². The Labute approximate surface area is 183 Å². The van der Waals surface area contributed by atoms with E-state index in [0.29, 0.717) is 5.56 Å². The van der Waals surface area contributed by atoms with E-state index in [4.69, 9.17) is 25.8 Å². The van der Waals surface area contributed by atoms with Gasteiger partial charge in [-0.1, -0.05) is 18.2 Å². The first-order chi connectivity index (χ1) is 14.1. The number of hydrogen-bond acceptors (Lipinski definition) is 6. The van der Waals surface area contributed by atoms with E-state index in [1.165, 1.54) is 0 Å². The molecule has 7 nitrogen and oxygen atoms in total. The number of carbonyl (C=O) groups is 3. The van der Waals surface area contributed by atoms with Gasteiger partial charge in [0.15, 0.2) is 0 Å². The average Bonchev–Trinajstić information content (AvgIpc) is 2.69. The molecule has 1 unspecified atom stereocenters. The molecule has 168 valence electrons. The third-order valence-electron chi connectivity index (χ3n) is 4.14. The quantitative estimate of drug-likeness (QED) is 0.321. The number of carbonyl (C=O) groups excluding carboxylic acids is 3. The smallest absolute Gasteiger partial charge is 0.343 e. The van der Waals surface area contributed by atoms with Gasteiger partial charge in [0, 0.05) is 11.4 Å². The number of alkyl halides is 1. The van der Waals surface area contributed by atoms with Crippen molar-refractivity contribution in [2.45, 2.75) is 64.7 Å². The van der Waals surface area contributed by atoms with Gasteiger partial charge in [-0.15, -0.1) is 11.6 Å². The van der Waals surface area contributed by atoms with E-state index in [1.807, 2.05) is 20.8 Å². The molecule has 0 radical (unpaired) electrons. The molecule has 1 aromatic carbocycles. The lowest BCUT2D eigenvalue weighted by Crippen LogP contribution is -2.61.